The Morgan fingerprint density at radius 2 is 1.92 bits per heavy atom. The summed E-state index contributed by atoms with van der Waals surface area (Å²) < 4.78 is 7.28. The van der Waals surface area contributed by atoms with Crippen LogP contribution in [0.1, 0.15) is 62.0 Å². The SMILES string of the molecule is CCCCOC(=O)c1ccc(-n2cnc3c(C(C)CC)nccc32)cc1. The van der Waals surface area contributed by atoms with Crippen LogP contribution in [-0.2, 0) is 4.74 Å². The van der Waals surface area contributed by atoms with E-state index in [1.165, 1.54) is 0 Å². The fraction of sp³-hybridized carbons (Fsp3) is 0.381. The zero-order valence-electron chi connectivity index (χ0n) is 15.6. The van der Waals surface area contributed by atoms with Crippen LogP contribution >= 0.6 is 0 Å². The van der Waals surface area contributed by atoms with Gasteiger partial charge in [0.2, 0.25) is 0 Å². The molecule has 0 N–H and O–H groups in total. The van der Waals surface area contributed by atoms with Crippen LogP contribution in [0.25, 0.3) is 16.7 Å². The molecule has 1 aromatic carbocycles. The van der Waals surface area contributed by atoms with E-state index in [1.807, 2.05) is 35.3 Å². The van der Waals surface area contributed by atoms with Crippen LogP contribution in [-0.4, -0.2) is 27.1 Å². The highest BCUT2D eigenvalue weighted by atomic mass is 16.5. The van der Waals surface area contributed by atoms with Crippen LogP contribution in [0.2, 0.25) is 0 Å². The highest BCUT2D eigenvalue weighted by molar-refractivity contribution is 5.89. The van der Waals surface area contributed by atoms with Crippen molar-refractivity contribution in [2.24, 2.45) is 0 Å². The number of esters is 1. The quantitative estimate of drug-likeness (QED) is 0.449. The lowest BCUT2D eigenvalue weighted by molar-refractivity contribution is 0.0500. The van der Waals surface area contributed by atoms with E-state index in [0.717, 1.165) is 41.7 Å². The van der Waals surface area contributed by atoms with E-state index >= 15 is 0 Å². The van der Waals surface area contributed by atoms with Crippen molar-refractivity contribution in [1.29, 1.82) is 0 Å². The Morgan fingerprint density at radius 1 is 1.15 bits per heavy atom. The van der Waals surface area contributed by atoms with Gasteiger partial charge in [0.1, 0.15) is 11.8 Å². The largest absolute Gasteiger partial charge is 0.462 e. The molecule has 1 atom stereocenters. The number of nitrogens with zero attached hydrogens (tertiary/aromatic N) is 3. The summed E-state index contributed by atoms with van der Waals surface area (Å²) in [6.07, 6.45) is 6.56. The number of aromatic nitrogens is 3. The predicted molar refractivity (Wildman–Crippen MR) is 103 cm³/mol. The number of fused-ring (bicyclic) bond motifs is 1. The fourth-order valence-electron chi connectivity index (χ4n) is 2.87. The molecular weight excluding hydrogens is 326 g/mol. The van der Waals surface area contributed by atoms with Gasteiger partial charge in [-0.05, 0) is 43.2 Å². The second-order valence-electron chi connectivity index (χ2n) is 6.52. The van der Waals surface area contributed by atoms with E-state index in [4.69, 9.17) is 4.74 Å². The molecule has 2 heterocycles. The Bertz CT molecular complexity index is 884. The first-order chi connectivity index (χ1) is 12.7. The number of rotatable bonds is 7. The first-order valence-corrected chi connectivity index (χ1v) is 9.25. The third-order valence-electron chi connectivity index (χ3n) is 4.68. The molecule has 136 valence electrons. The van der Waals surface area contributed by atoms with Crippen LogP contribution in [0.15, 0.2) is 42.9 Å². The number of unbranched alkanes of at least 4 members (excludes halogenated alkanes) is 1. The minimum absolute atomic E-state index is 0.274. The number of hydrogen-bond acceptors (Lipinski definition) is 4. The number of imidazole rings is 1. The summed E-state index contributed by atoms with van der Waals surface area (Å²) in [7, 11) is 0. The zero-order valence-corrected chi connectivity index (χ0v) is 15.6. The summed E-state index contributed by atoms with van der Waals surface area (Å²) in [6, 6.07) is 9.40. The van der Waals surface area contributed by atoms with E-state index in [0.29, 0.717) is 18.1 Å². The lowest BCUT2D eigenvalue weighted by Gasteiger charge is -2.09. The molecule has 0 amide bonds. The van der Waals surface area contributed by atoms with E-state index in [2.05, 4.69) is 30.7 Å². The van der Waals surface area contributed by atoms with Crippen molar-refractivity contribution in [3.05, 3.63) is 54.1 Å². The average Bonchev–Trinajstić information content (AvgIpc) is 3.11. The number of pyridine rings is 1. The standard InChI is InChI=1S/C21H25N3O2/c1-4-6-13-26-21(25)16-7-9-17(10-8-16)24-14-23-20-18(24)11-12-22-19(20)15(3)5-2/h7-12,14-15H,4-6,13H2,1-3H3. The van der Waals surface area contributed by atoms with Crippen molar-refractivity contribution in [3.8, 4) is 5.69 Å². The van der Waals surface area contributed by atoms with E-state index < -0.39 is 0 Å². The van der Waals surface area contributed by atoms with E-state index in [-0.39, 0.29) is 5.97 Å². The zero-order chi connectivity index (χ0) is 18.5. The van der Waals surface area contributed by atoms with Gasteiger partial charge in [-0.25, -0.2) is 9.78 Å². The fourth-order valence-corrected chi connectivity index (χ4v) is 2.87. The monoisotopic (exact) mass is 351 g/mol. The van der Waals surface area contributed by atoms with Crippen molar-refractivity contribution in [2.75, 3.05) is 6.61 Å². The van der Waals surface area contributed by atoms with E-state index in [1.54, 1.807) is 12.1 Å². The van der Waals surface area contributed by atoms with Crippen LogP contribution < -0.4 is 0 Å². The van der Waals surface area contributed by atoms with Crippen LogP contribution in [0, 0.1) is 0 Å². The minimum atomic E-state index is -0.274. The van der Waals surface area contributed by atoms with Gasteiger partial charge in [-0.15, -0.1) is 0 Å². The maximum absolute atomic E-state index is 12.0. The predicted octanol–water partition coefficient (Wildman–Crippen LogP) is 4.89. The minimum Gasteiger partial charge on any atom is -0.462 e. The Morgan fingerprint density at radius 3 is 2.62 bits per heavy atom. The molecule has 0 bridgehead atoms. The maximum Gasteiger partial charge on any atom is 0.338 e. The topological polar surface area (TPSA) is 57.0 Å². The second kappa shape index (κ2) is 8.13. The molecule has 0 spiro atoms. The summed E-state index contributed by atoms with van der Waals surface area (Å²) in [5.41, 5.74) is 4.51. The number of hydrogen-bond donors (Lipinski definition) is 0. The van der Waals surface area contributed by atoms with Gasteiger partial charge >= 0.3 is 5.97 Å². The molecular formula is C21H25N3O2. The van der Waals surface area contributed by atoms with Crippen molar-refractivity contribution >= 4 is 17.0 Å². The summed E-state index contributed by atoms with van der Waals surface area (Å²) in [6.45, 7) is 6.86. The molecule has 0 aliphatic carbocycles. The molecule has 0 saturated heterocycles. The molecule has 1 unspecified atom stereocenters. The van der Waals surface area contributed by atoms with Gasteiger partial charge in [0.15, 0.2) is 0 Å². The smallest absolute Gasteiger partial charge is 0.338 e. The van der Waals surface area contributed by atoms with Crippen LogP contribution in [0.4, 0.5) is 0 Å². The molecule has 26 heavy (non-hydrogen) atoms. The van der Waals surface area contributed by atoms with Gasteiger partial charge in [-0.2, -0.15) is 0 Å². The van der Waals surface area contributed by atoms with Gasteiger partial charge in [0.05, 0.1) is 23.4 Å². The molecule has 2 aromatic heterocycles. The Labute approximate surface area is 154 Å². The lowest BCUT2D eigenvalue weighted by Crippen LogP contribution is -2.06. The lowest BCUT2D eigenvalue weighted by atomic mass is 10.0. The molecule has 3 rings (SSSR count). The summed E-state index contributed by atoms with van der Waals surface area (Å²) in [5.74, 6) is 0.0889. The maximum atomic E-state index is 12.0. The van der Waals surface area contributed by atoms with Gasteiger partial charge in [0.25, 0.3) is 0 Å². The summed E-state index contributed by atoms with van der Waals surface area (Å²) in [4.78, 5) is 21.1. The van der Waals surface area contributed by atoms with Crippen LogP contribution in [0.5, 0.6) is 0 Å². The van der Waals surface area contributed by atoms with Crippen molar-refractivity contribution < 1.29 is 9.53 Å². The van der Waals surface area contributed by atoms with Crippen molar-refractivity contribution in [3.63, 3.8) is 0 Å². The molecule has 5 nitrogen and oxygen atoms in total. The highest BCUT2D eigenvalue weighted by Gasteiger charge is 2.14. The van der Waals surface area contributed by atoms with Gasteiger partial charge in [0, 0.05) is 17.8 Å². The third-order valence-corrected chi connectivity index (χ3v) is 4.68. The Hall–Kier alpha value is -2.69. The number of carbonyl (C=O) groups is 1. The second-order valence-corrected chi connectivity index (χ2v) is 6.52. The molecule has 5 heteroatoms. The molecule has 0 fully saturated rings. The van der Waals surface area contributed by atoms with Gasteiger partial charge in [-0.1, -0.05) is 27.2 Å². The molecule has 0 aliphatic heterocycles. The van der Waals surface area contributed by atoms with Crippen molar-refractivity contribution in [2.45, 2.75) is 46.0 Å². The Balaban J connectivity index is 1.87. The number of ether oxygens (including phenoxy) is 1. The molecule has 0 saturated carbocycles. The average molecular weight is 351 g/mol. The number of benzene rings is 1. The first kappa shape index (κ1) is 18.1. The van der Waals surface area contributed by atoms with Gasteiger partial charge < -0.3 is 4.74 Å². The van der Waals surface area contributed by atoms with Crippen LogP contribution in [0.3, 0.4) is 0 Å². The molecule has 0 aliphatic rings. The summed E-state index contributed by atoms with van der Waals surface area (Å²) in [5, 5.41) is 0. The first-order valence-electron chi connectivity index (χ1n) is 9.25. The molecule has 0 radical (unpaired) electrons. The Kier molecular flexibility index (Phi) is 5.66. The number of carbonyl (C=O) groups excluding carboxylic acids is 1. The van der Waals surface area contributed by atoms with E-state index in [9.17, 15) is 4.79 Å². The third kappa shape index (κ3) is 3.62. The summed E-state index contributed by atoms with van der Waals surface area (Å²) >= 11 is 0. The van der Waals surface area contributed by atoms with Gasteiger partial charge in [-0.3, -0.25) is 9.55 Å². The normalized spacial score (nSPS) is 12.3. The molecule has 3 aromatic rings. The highest BCUT2D eigenvalue weighted by Crippen LogP contribution is 2.26. The van der Waals surface area contributed by atoms with Crippen molar-refractivity contribution in [1.82, 2.24) is 14.5 Å².